The van der Waals surface area contributed by atoms with Gasteiger partial charge in [-0.2, -0.15) is 0 Å². The molecule has 4 nitrogen and oxygen atoms in total. The molecule has 0 aromatic heterocycles. The highest BCUT2D eigenvalue weighted by molar-refractivity contribution is 6.03. The minimum atomic E-state index is -0.930. The molecule has 0 radical (unpaired) electrons. The summed E-state index contributed by atoms with van der Waals surface area (Å²) in [6, 6.07) is 5.53. The van der Waals surface area contributed by atoms with Crippen molar-refractivity contribution < 1.29 is 14.7 Å². The lowest BCUT2D eigenvalue weighted by Gasteiger charge is -2.18. The van der Waals surface area contributed by atoms with Gasteiger partial charge in [0.05, 0.1) is 0 Å². The number of nitrogens with one attached hydrogen (secondary N) is 1. The first-order chi connectivity index (χ1) is 7.68. The maximum atomic E-state index is 11.8. The molecule has 1 aromatic rings. The van der Waals surface area contributed by atoms with Crippen molar-refractivity contribution in [3.8, 4) is 0 Å². The smallest absolute Gasteiger partial charge is 0.322 e. The summed E-state index contributed by atoms with van der Waals surface area (Å²) in [6.45, 7) is -0.163. The van der Waals surface area contributed by atoms with E-state index >= 15 is 0 Å². The fourth-order valence-corrected chi connectivity index (χ4v) is 2.02. The zero-order valence-corrected chi connectivity index (χ0v) is 8.82. The van der Waals surface area contributed by atoms with Crippen LogP contribution in [0.2, 0.25) is 0 Å². The highest BCUT2D eigenvalue weighted by Crippen LogP contribution is 2.27. The summed E-state index contributed by atoms with van der Waals surface area (Å²) in [5, 5.41) is 11.4. The third-order valence-corrected chi connectivity index (χ3v) is 2.71. The summed E-state index contributed by atoms with van der Waals surface area (Å²) in [6.07, 6.45) is 2.33. The Kier molecular flexibility index (Phi) is 2.90. The van der Waals surface area contributed by atoms with Gasteiger partial charge in [0, 0.05) is 17.7 Å². The number of rotatable bonds is 3. The molecule has 1 aliphatic rings. The SMILES string of the molecule is O=C(O)CNc1cccc2c1C(=O)CCC2. The number of aliphatic carboxylic acids is 1. The van der Waals surface area contributed by atoms with E-state index in [2.05, 4.69) is 5.32 Å². The lowest BCUT2D eigenvalue weighted by Crippen LogP contribution is -2.18. The average Bonchev–Trinajstić information content (AvgIpc) is 2.26. The molecule has 16 heavy (non-hydrogen) atoms. The summed E-state index contributed by atoms with van der Waals surface area (Å²) >= 11 is 0. The van der Waals surface area contributed by atoms with E-state index in [1.165, 1.54) is 0 Å². The maximum absolute atomic E-state index is 11.8. The van der Waals surface area contributed by atoms with E-state index in [1.54, 1.807) is 6.07 Å². The van der Waals surface area contributed by atoms with Gasteiger partial charge >= 0.3 is 5.97 Å². The molecule has 2 N–H and O–H groups in total. The second kappa shape index (κ2) is 4.35. The fourth-order valence-electron chi connectivity index (χ4n) is 2.02. The van der Waals surface area contributed by atoms with E-state index in [0.29, 0.717) is 17.7 Å². The number of fused-ring (bicyclic) bond motifs is 1. The standard InChI is InChI=1S/C12H13NO3/c14-10-6-2-4-8-3-1-5-9(12(8)10)13-7-11(15)16/h1,3,5,13H,2,4,6-7H2,(H,15,16). The van der Waals surface area contributed by atoms with Crippen LogP contribution in [0.25, 0.3) is 0 Å². The van der Waals surface area contributed by atoms with E-state index in [4.69, 9.17) is 5.11 Å². The Labute approximate surface area is 93.3 Å². The van der Waals surface area contributed by atoms with Crippen molar-refractivity contribution in [1.82, 2.24) is 0 Å². The molecule has 0 amide bonds. The van der Waals surface area contributed by atoms with Crippen molar-refractivity contribution in [2.45, 2.75) is 19.3 Å². The largest absolute Gasteiger partial charge is 0.480 e. The van der Waals surface area contributed by atoms with Gasteiger partial charge in [0.25, 0.3) is 0 Å². The Morgan fingerprint density at radius 1 is 1.38 bits per heavy atom. The molecule has 0 atom stereocenters. The second-order valence-corrected chi connectivity index (χ2v) is 3.86. The van der Waals surface area contributed by atoms with E-state index in [0.717, 1.165) is 18.4 Å². The fraction of sp³-hybridized carbons (Fsp3) is 0.333. The van der Waals surface area contributed by atoms with Gasteiger partial charge in [-0.3, -0.25) is 9.59 Å². The molecule has 0 heterocycles. The molecule has 2 rings (SSSR count). The van der Waals surface area contributed by atoms with Crippen molar-refractivity contribution in [1.29, 1.82) is 0 Å². The number of hydrogen-bond donors (Lipinski definition) is 2. The van der Waals surface area contributed by atoms with Crippen molar-refractivity contribution >= 4 is 17.4 Å². The minimum Gasteiger partial charge on any atom is -0.480 e. The van der Waals surface area contributed by atoms with Crippen LogP contribution in [0, 0.1) is 0 Å². The van der Waals surface area contributed by atoms with Gasteiger partial charge in [-0.1, -0.05) is 12.1 Å². The summed E-state index contributed by atoms with van der Waals surface area (Å²) in [7, 11) is 0. The molecule has 0 spiro atoms. The molecule has 0 fully saturated rings. The van der Waals surface area contributed by atoms with Crippen LogP contribution in [0.1, 0.15) is 28.8 Å². The van der Waals surface area contributed by atoms with E-state index < -0.39 is 5.97 Å². The Hall–Kier alpha value is -1.84. The highest BCUT2D eigenvalue weighted by atomic mass is 16.4. The van der Waals surface area contributed by atoms with Crippen LogP contribution >= 0.6 is 0 Å². The van der Waals surface area contributed by atoms with Gasteiger partial charge in [0.2, 0.25) is 0 Å². The van der Waals surface area contributed by atoms with Crippen LogP contribution < -0.4 is 5.32 Å². The van der Waals surface area contributed by atoms with Gasteiger partial charge in [0.1, 0.15) is 6.54 Å². The number of carboxylic acids is 1. The van der Waals surface area contributed by atoms with Crippen molar-refractivity contribution in [2.75, 3.05) is 11.9 Å². The Bertz CT molecular complexity index is 440. The van der Waals surface area contributed by atoms with Gasteiger partial charge < -0.3 is 10.4 Å². The minimum absolute atomic E-state index is 0.106. The van der Waals surface area contributed by atoms with E-state index in [-0.39, 0.29) is 12.3 Å². The maximum Gasteiger partial charge on any atom is 0.322 e. The molecular weight excluding hydrogens is 206 g/mol. The van der Waals surface area contributed by atoms with Gasteiger partial charge in [-0.25, -0.2) is 0 Å². The van der Waals surface area contributed by atoms with Crippen LogP contribution in [0.15, 0.2) is 18.2 Å². The monoisotopic (exact) mass is 219 g/mol. The molecule has 0 unspecified atom stereocenters. The second-order valence-electron chi connectivity index (χ2n) is 3.86. The van der Waals surface area contributed by atoms with Crippen LogP contribution in [0.3, 0.4) is 0 Å². The lowest BCUT2D eigenvalue weighted by molar-refractivity contribution is -0.134. The predicted molar refractivity (Wildman–Crippen MR) is 59.8 cm³/mol. The number of carbonyl (C=O) groups is 2. The molecule has 0 saturated carbocycles. The molecule has 1 aliphatic carbocycles. The number of hydrogen-bond acceptors (Lipinski definition) is 3. The van der Waals surface area contributed by atoms with Crippen LogP contribution in [-0.2, 0) is 11.2 Å². The molecule has 0 saturated heterocycles. The van der Waals surface area contributed by atoms with Gasteiger partial charge in [-0.15, -0.1) is 0 Å². The quantitative estimate of drug-likeness (QED) is 0.812. The summed E-state index contributed by atoms with van der Waals surface area (Å²) in [4.78, 5) is 22.2. The predicted octanol–water partition coefficient (Wildman–Crippen LogP) is 1.70. The number of benzene rings is 1. The number of ketones is 1. The lowest BCUT2D eigenvalue weighted by atomic mass is 9.89. The first kappa shape index (κ1) is 10.7. The Balaban J connectivity index is 2.31. The van der Waals surface area contributed by atoms with Gasteiger partial charge in [0.15, 0.2) is 5.78 Å². The normalized spacial score (nSPS) is 14.4. The van der Waals surface area contributed by atoms with Crippen LogP contribution in [-0.4, -0.2) is 23.4 Å². The van der Waals surface area contributed by atoms with Gasteiger partial charge in [-0.05, 0) is 24.5 Å². The average molecular weight is 219 g/mol. The van der Waals surface area contributed by atoms with Crippen molar-refractivity contribution in [2.24, 2.45) is 0 Å². The first-order valence-corrected chi connectivity index (χ1v) is 5.29. The highest BCUT2D eigenvalue weighted by Gasteiger charge is 2.20. The summed E-state index contributed by atoms with van der Waals surface area (Å²) < 4.78 is 0. The van der Waals surface area contributed by atoms with Crippen LogP contribution in [0.5, 0.6) is 0 Å². The summed E-state index contributed by atoms with van der Waals surface area (Å²) in [5.41, 5.74) is 2.34. The third kappa shape index (κ3) is 2.05. The third-order valence-electron chi connectivity index (χ3n) is 2.71. The van der Waals surface area contributed by atoms with Crippen molar-refractivity contribution in [3.05, 3.63) is 29.3 Å². The molecule has 1 aromatic carbocycles. The van der Waals surface area contributed by atoms with E-state index in [1.807, 2.05) is 12.1 Å². The molecule has 4 heteroatoms. The number of anilines is 1. The number of carbonyl (C=O) groups excluding carboxylic acids is 1. The molecule has 0 bridgehead atoms. The molecule has 0 aliphatic heterocycles. The number of aryl methyl sites for hydroxylation is 1. The van der Waals surface area contributed by atoms with Crippen molar-refractivity contribution in [3.63, 3.8) is 0 Å². The number of Topliss-reactive ketones (excluding diaryl/α,β-unsaturated/α-hetero) is 1. The Morgan fingerprint density at radius 3 is 2.94 bits per heavy atom. The molecular formula is C12H13NO3. The molecule has 84 valence electrons. The Morgan fingerprint density at radius 2 is 2.19 bits per heavy atom. The zero-order valence-electron chi connectivity index (χ0n) is 8.82. The van der Waals surface area contributed by atoms with Crippen LogP contribution in [0.4, 0.5) is 5.69 Å². The zero-order chi connectivity index (χ0) is 11.5. The topological polar surface area (TPSA) is 66.4 Å². The first-order valence-electron chi connectivity index (χ1n) is 5.29. The number of carboxylic acid groups (broad SMARTS) is 1. The summed E-state index contributed by atoms with van der Waals surface area (Å²) in [5.74, 6) is -0.824. The van der Waals surface area contributed by atoms with E-state index in [9.17, 15) is 9.59 Å².